The molecule has 0 atom stereocenters. The molecule has 2 aromatic heterocycles. The number of carboxylic acids is 1. The summed E-state index contributed by atoms with van der Waals surface area (Å²) in [5.74, 6) is -1.59. The Kier molecular flexibility index (Phi) is 4.22. The molecule has 0 saturated carbocycles. The summed E-state index contributed by atoms with van der Waals surface area (Å²) in [6, 6.07) is 9.56. The van der Waals surface area contributed by atoms with Gasteiger partial charge in [-0.3, -0.25) is 14.7 Å². The van der Waals surface area contributed by atoms with Gasteiger partial charge in [-0.05, 0) is 41.1 Å². The fraction of sp³-hybridized carbons (Fsp3) is 0.190. The van der Waals surface area contributed by atoms with E-state index >= 15 is 0 Å². The Morgan fingerprint density at radius 3 is 2.57 bits per heavy atom. The maximum absolute atomic E-state index is 13.5. The number of hydrogen-bond acceptors (Lipinski definition) is 3. The van der Waals surface area contributed by atoms with Crippen molar-refractivity contribution in [2.24, 2.45) is 0 Å². The summed E-state index contributed by atoms with van der Waals surface area (Å²) < 4.78 is 14.8. The predicted octanol–water partition coefficient (Wildman–Crippen LogP) is 3.89. The van der Waals surface area contributed by atoms with Gasteiger partial charge in [0.05, 0.1) is 11.7 Å². The minimum atomic E-state index is -1.10. The molecule has 7 heteroatoms. The van der Waals surface area contributed by atoms with Crippen molar-refractivity contribution >= 4 is 27.6 Å². The molecule has 0 unspecified atom stereocenters. The summed E-state index contributed by atoms with van der Waals surface area (Å²) in [6.07, 6.45) is 1.67. The van der Waals surface area contributed by atoms with Crippen molar-refractivity contribution in [1.29, 1.82) is 0 Å². The summed E-state index contributed by atoms with van der Waals surface area (Å²) in [4.78, 5) is 24.7. The molecule has 0 amide bonds. The molecule has 2 aromatic carbocycles. The van der Waals surface area contributed by atoms with Crippen LogP contribution in [0.4, 0.5) is 4.39 Å². The van der Waals surface area contributed by atoms with Crippen LogP contribution in [-0.4, -0.2) is 25.8 Å². The second-order valence-electron chi connectivity index (χ2n) is 7.06. The van der Waals surface area contributed by atoms with Gasteiger partial charge in [0, 0.05) is 22.0 Å². The lowest BCUT2D eigenvalue weighted by Crippen LogP contribution is -2.29. The normalized spacial score (nSPS) is 11.6. The van der Waals surface area contributed by atoms with E-state index in [1.54, 1.807) is 24.4 Å². The van der Waals surface area contributed by atoms with Gasteiger partial charge in [0.2, 0.25) is 0 Å². The van der Waals surface area contributed by atoms with Gasteiger partial charge in [0.15, 0.2) is 0 Å². The third-order valence-electron chi connectivity index (χ3n) is 4.84. The minimum absolute atomic E-state index is 0.128. The topological polar surface area (TPSA) is 88.0 Å². The molecule has 4 aromatic rings. The number of benzene rings is 2. The lowest BCUT2D eigenvalue weighted by atomic mass is 9.91. The van der Waals surface area contributed by atoms with Gasteiger partial charge in [0.1, 0.15) is 12.4 Å². The lowest BCUT2D eigenvalue weighted by molar-refractivity contribution is -0.137. The Bertz CT molecular complexity index is 1270. The number of nitrogens with one attached hydrogen (secondary N) is 1. The second kappa shape index (κ2) is 6.60. The molecular formula is C21H18FN3O3. The summed E-state index contributed by atoms with van der Waals surface area (Å²) in [6.45, 7) is 3.36. The highest BCUT2D eigenvalue weighted by atomic mass is 19.1. The number of aromatic amines is 1. The zero-order chi connectivity index (χ0) is 20.0. The van der Waals surface area contributed by atoms with Gasteiger partial charge in [0.25, 0.3) is 5.56 Å². The number of fused-ring (bicyclic) bond motifs is 2. The van der Waals surface area contributed by atoms with Crippen LogP contribution in [0.15, 0.2) is 47.4 Å². The Hall–Kier alpha value is -3.48. The van der Waals surface area contributed by atoms with Crippen LogP contribution in [0.5, 0.6) is 0 Å². The molecule has 0 saturated heterocycles. The average molecular weight is 379 g/mol. The van der Waals surface area contributed by atoms with E-state index in [0.717, 1.165) is 16.5 Å². The van der Waals surface area contributed by atoms with E-state index in [-0.39, 0.29) is 17.3 Å². The van der Waals surface area contributed by atoms with Crippen LogP contribution in [-0.2, 0) is 11.3 Å². The SMILES string of the molecule is CC(C)c1c(-c2ccc(F)cc2)c2cc3cn[nH]c3cc2c(=O)n1CC(=O)O. The first-order valence-electron chi connectivity index (χ1n) is 8.88. The number of nitrogens with zero attached hydrogens (tertiary/aromatic N) is 2. The first-order valence-corrected chi connectivity index (χ1v) is 8.88. The molecule has 0 aliphatic heterocycles. The van der Waals surface area contributed by atoms with Crippen LogP contribution in [0.25, 0.3) is 32.8 Å². The van der Waals surface area contributed by atoms with Crippen LogP contribution in [0, 0.1) is 5.82 Å². The summed E-state index contributed by atoms with van der Waals surface area (Å²) >= 11 is 0. The molecular weight excluding hydrogens is 361 g/mol. The zero-order valence-electron chi connectivity index (χ0n) is 15.4. The maximum Gasteiger partial charge on any atom is 0.323 e. The summed E-state index contributed by atoms with van der Waals surface area (Å²) in [7, 11) is 0. The van der Waals surface area contributed by atoms with Gasteiger partial charge in [-0.25, -0.2) is 4.39 Å². The molecule has 6 nitrogen and oxygen atoms in total. The van der Waals surface area contributed by atoms with E-state index in [2.05, 4.69) is 10.2 Å². The first kappa shape index (κ1) is 17.9. The molecule has 0 aliphatic rings. The number of halogens is 1. The third kappa shape index (κ3) is 2.85. The summed E-state index contributed by atoms with van der Waals surface area (Å²) in [5, 5.41) is 18.2. The molecule has 0 radical (unpaired) electrons. The fourth-order valence-corrected chi connectivity index (χ4v) is 3.72. The van der Waals surface area contributed by atoms with Crippen LogP contribution < -0.4 is 5.56 Å². The second-order valence-corrected chi connectivity index (χ2v) is 7.06. The van der Waals surface area contributed by atoms with E-state index in [4.69, 9.17) is 0 Å². The van der Waals surface area contributed by atoms with Crippen LogP contribution in [0.3, 0.4) is 0 Å². The predicted molar refractivity (Wildman–Crippen MR) is 105 cm³/mol. The molecule has 0 spiro atoms. The largest absolute Gasteiger partial charge is 0.480 e. The van der Waals surface area contributed by atoms with Crippen molar-refractivity contribution < 1.29 is 14.3 Å². The number of aliphatic carboxylic acids is 1. The molecule has 2 heterocycles. The molecule has 4 rings (SSSR count). The Morgan fingerprint density at radius 1 is 1.21 bits per heavy atom. The van der Waals surface area contributed by atoms with Crippen LogP contribution in [0.1, 0.15) is 25.5 Å². The Balaban J connectivity index is 2.22. The standard InChI is InChI=1S/C21H18FN3O3/c1-11(2)20-19(12-3-5-14(22)6-4-12)15-7-13-9-23-24-17(13)8-16(15)21(28)25(20)10-18(26)27/h3-9,11H,10H2,1-2H3,(H,23,24)(H,26,27). The van der Waals surface area contributed by atoms with E-state index in [1.165, 1.54) is 16.7 Å². The zero-order valence-corrected chi connectivity index (χ0v) is 15.4. The molecule has 142 valence electrons. The number of hydrogen-bond donors (Lipinski definition) is 2. The molecule has 0 aliphatic carbocycles. The number of pyridine rings is 1. The highest BCUT2D eigenvalue weighted by molar-refractivity contribution is 6.04. The van der Waals surface area contributed by atoms with Gasteiger partial charge < -0.3 is 9.67 Å². The lowest BCUT2D eigenvalue weighted by Gasteiger charge is -2.22. The fourth-order valence-electron chi connectivity index (χ4n) is 3.72. The van der Waals surface area contributed by atoms with Gasteiger partial charge >= 0.3 is 5.97 Å². The molecule has 2 N–H and O–H groups in total. The van der Waals surface area contributed by atoms with Gasteiger partial charge in [-0.15, -0.1) is 0 Å². The molecule has 28 heavy (non-hydrogen) atoms. The first-order chi connectivity index (χ1) is 13.4. The Morgan fingerprint density at radius 2 is 1.93 bits per heavy atom. The summed E-state index contributed by atoms with van der Waals surface area (Å²) in [5.41, 5.74) is 2.37. The number of H-pyrrole nitrogens is 1. The smallest absolute Gasteiger partial charge is 0.323 e. The van der Waals surface area contributed by atoms with Crippen molar-refractivity contribution in [2.75, 3.05) is 0 Å². The van der Waals surface area contributed by atoms with Crippen molar-refractivity contribution in [3.8, 4) is 11.1 Å². The maximum atomic E-state index is 13.5. The number of aromatic nitrogens is 3. The van der Waals surface area contributed by atoms with E-state index < -0.39 is 12.5 Å². The van der Waals surface area contributed by atoms with Crippen molar-refractivity contribution in [2.45, 2.75) is 26.3 Å². The van der Waals surface area contributed by atoms with Crippen LogP contribution in [0.2, 0.25) is 0 Å². The average Bonchev–Trinajstić information content (AvgIpc) is 3.10. The number of carboxylic acid groups (broad SMARTS) is 1. The third-order valence-corrected chi connectivity index (χ3v) is 4.84. The van der Waals surface area contributed by atoms with Gasteiger partial charge in [-0.1, -0.05) is 26.0 Å². The minimum Gasteiger partial charge on any atom is -0.480 e. The highest BCUT2D eigenvalue weighted by Gasteiger charge is 2.22. The quantitative estimate of drug-likeness (QED) is 0.563. The van der Waals surface area contributed by atoms with E-state index in [1.807, 2.05) is 19.9 Å². The van der Waals surface area contributed by atoms with Crippen molar-refractivity contribution in [1.82, 2.24) is 14.8 Å². The number of rotatable bonds is 4. The highest BCUT2D eigenvalue weighted by Crippen LogP contribution is 2.36. The van der Waals surface area contributed by atoms with Gasteiger partial charge in [-0.2, -0.15) is 5.10 Å². The number of carbonyl (C=O) groups is 1. The van der Waals surface area contributed by atoms with Crippen molar-refractivity contribution in [3.63, 3.8) is 0 Å². The van der Waals surface area contributed by atoms with Crippen LogP contribution >= 0.6 is 0 Å². The van der Waals surface area contributed by atoms with E-state index in [9.17, 15) is 19.1 Å². The Labute approximate surface area is 159 Å². The van der Waals surface area contributed by atoms with Crippen molar-refractivity contribution in [3.05, 3.63) is 64.5 Å². The molecule has 0 bridgehead atoms. The van der Waals surface area contributed by atoms with E-state index in [0.29, 0.717) is 22.0 Å². The molecule has 0 fully saturated rings. The monoisotopic (exact) mass is 379 g/mol.